The molecular weight excluding hydrogens is 258 g/mol. The average molecular weight is 278 g/mol. The minimum atomic E-state index is -0.405. The quantitative estimate of drug-likeness (QED) is 0.855. The van der Waals surface area contributed by atoms with Crippen molar-refractivity contribution in [3.05, 3.63) is 47.0 Å². The molecule has 0 radical (unpaired) electrons. The second kappa shape index (κ2) is 6.02. The van der Waals surface area contributed by atoms with Gasteiger partial charge in [-0.15, -0.1) is 0 Å². The van der Waals surface area contributed by atoms with Crippen molar-refractivity contribution >= 4 is 0 Å². The topological polar surface area (TPSA) is 15.3 Å². The second-order valence-electron chi connectivity index (χ2n) is 5.67. The Labute approximate surface area is 118 Å². The number of hydrogen-bond donors (Lipinski definition) is 1. The van der Waals surface area contributed by atoms with Gasteiger partial charge in [-0.1, -0.05) is 17.7 Å². The number of rotatable bonds is 3. The first-order valence-electron chi connectivity index (χ1n) is 7.29. The Balaban J connectivity index is 1.66. The molecule has 0 spiro atoms. The SMILES string of the molecule is Fc1cccc(F)c1C1CCN(CC2=CCNCC2)C1. The van der Waals surface area contributed by atoms with Gasteiger partial charge >= 0.3 is 0 Å². The number of benzene rings is 1. The van der Waals surface area contributed by atoms with Gasteiger partial charge in [-0.2, -0.15) is 0 Å². The van der Waals surface area contributed by atoms with Gasteiger partial charge in [0.15, 0.2) is 0 Å². The molecule has 1 N–H and O–H groups in total. The van der Waals surface area contributed by atoms with E-state index in [2.05, 4.69) is 16.3 Å². The molecule has 20 heavy (non-hydrogen) atoms. The minimum Gasteiger partial charge on any atom is -0.313 e. The molecule has 0 saturated carbocycles. The van der Waals surface area contributed by atoms with Crippen LogP contribution < -0.4 is 5.32 Å². The predicted molar refractivity (Wildman–Crippen MR) is 75.7 cm³/mol. The molecule has 0 amide bonds. The van der Waals surface area contributed by atoms with E-state index >= 15 is 0 Å². The van der Waals surface area contributed by atoms with Crippen LogP contribution in [0.2, 0.25) is 0 Å². The summed E-state index contributed by atoms with van der Waals surface area (Å²) in [6, 6.07) is 4.15. The molecule has 2 nitrogen and oxygen atoms in total. The van der Waals surface area contributed by atoms with Crippen molar-refractivity contribution in [2.75, 3.05) is 32.7 Å². The van der Waals surface area contributed by atoms with E-state index in [-0.39, 0.29) is 11.5 Å². The number of likely N-dealkylation sites (tertiary alicyclic amines) is 1. The third-order valence-corrected chi connectivity index (χ3v) is 4.26. The summed E-state index contributed by atoms with van der Waals surface area (Å²) >= 11 is 0. The number of nitrogens with zero attached hydrogens (tertiary/aromatic N) is 1. The highest BCUT2D eigenvalue weighted by Crippen LogP contribution is 2.31. The van der Waals surface area contributed by atoms with E-state index in [1.807, 2.05) is 0 Å². The van der Waals surface area contributed by atoms with Gasteiger partial charge in [-0.25, -0.2) is 8.78 Å². The number of halogens is 2. The van der Waals surface area contributed by atoms with Gasteiger partial charge in [-0.3, -0.25) is 4.90 Å². The first kappa shape index (κ1) is 13.7. The van der Waals surface area contributed by atoms with E-state index in [1.54, 1.807) is 0 Å². The van der Waals surface area contributed by atoms with E-state index in [1.165, 1.54) is 23.8 Å². The molecule has 1 atom stereocenters. The molecule has 1 aromatic rings. The fraction of sp³-hybridized carbons (Fsp3) is 0.500. The summed E-state index contributed by atoms with van der Waals surface area (Å²) in [7, 11) is 0. The third-order valence-electron chi connectivity index (χ3n) is 4.26. The summed E-state index contributed by atoms with van der Waals surface area (Å²) in [4.78, 5) is 2.31. The zero-order valence-corrected chi connectivity index (χ0v) is 11.5. The lowest BCUT2D eigenvalue weighted by Crippen LogP contribution is -2.28. The third kappa shape index (κ3) is 2.91. The molecule has 4 heteroatoms. The Kier molecular flexibility index (Phi) is 4.13. The van der Waals surface area contributed by atoms with Crippen LogP contribution in [0.25, 0.3) is 0 Å². The molecule has 1 unspecified atom stereocenters. The molecule has 0 aromatic heterocycles. The highest BCUT2D eigenvalue weighted by atomic mass is 19.1. The van der Waals surface area contributed by atoms with Crippen molar-refractivity contribution in [3.63, 3.8) is 0 Å². The summed E-state index contributed by atoms with van der Waals surface area (Å²) in [5.74, 6) is -0.825. The predicted octanol–water partition coefficient (Wildman–Crippen LogP) is 2.67. The van der Waals surface area contributed by atoms with E-state index in [4.69, 9.17) is 0 Å². The van der Waals surface area contributed by atoms with E-state index in [9.17, 15) is 8.78 Å². The smallest absolute Gasteiger partial charge is 0.129 e. The molecule has 108 valence electrons. The fourth-order valence-corrected chi connectivity index (χ4v) is 3.21. The van der Waals surface area contributed by atoms with Crippen LogP contribution in [0.5, 0.6) is 0 Å². The Morgan fingerprint density at radius 2 is 2.05 bits per heavy atom. The van der Waals surface area contributed by atoms with Crippen LogP contribution in [-0.4, -0.2) is 37.6 Å². The van der Waals surface area contributed by atoms with Crippen LogP contribution in [0.3, 0.4) is 0 Å². The molecular formula is C16H20F2N2. The zero-order chi connectivity index (χ0) is 13.9. The fourth-order valence-electron chi connectivity index (χ4n) is 3.21. The monoisotopic (exact) mass is 278 g/mol. The van der Waals surface area contributed by atoms with Gasteiger partial charge in [0.05, 0.1) is 0 Å². The lowest BCUT2D eigenvalue weighted by molar-refractivity contribution is 0.354. The molecule has 0 bridgehead atoms. The molecule has 0 aliphatic carbocycles. The minimum absolute atomic E-state index is 0.0153. The average Bonchev–Trinajstić information content (AvgIpc) is 2.88. The van der Waals surface area contributed by atoms with Crippen molar-refractivity contribution in [1.82, 2.24) is 10.2 Å². The standard InChI is InChI=1S/C16H20F2N2/c17-14-2-1-3-15(18)16(14)13-6-9-20(11-13)10-12-4-7-19-8-5-12/h1-4,13,19H,5-11H2. The first-order chi connectivity index (χ1) is 9.74. The first-order valence-corrected chi connectivity index (χ1v) is 7.29. The summed E-state index contributed by atoms with van der Waals surface area (Å²) in [6.07, 6.45) is 4.15. The van der Waals surface area contributed by atoms with Crippen LogP contribution in [0.15, 0.2) is 29.8 Å². The van der Waals surface area contributed by atoms with Crippen molar-refractivity contribution in [2.45, 2.75) is 18.8 Å². The summed E-state index contributed by atoms with van der Waals surface area (Å²) < 4.78 is 27.6. The lowest BCUT2D eigenvalue weighted by atomic mass is 9.97. The second-order valence-corrected chi connectivity index (χ2v) is 5.67. The largest absolute Gasteiger partial charge is 0.313 e. The Morgan fingerprint density at radius 1 is 1.25 bits per heavy atom. The molecule has 2 heterocycles. The Morgan fingerprint density at radius 3 is 2.75 bits per heavy atom. The van der Waals surface area contributed by atoms with E-state index in [0.717, 1.165) is 45.6 Å². The summed E-state index contributed by atoms with van der Waals surface area (Å²) in [6.45, 7) is 4.58. The normalized spacial score (nSPS) is 23.9. The number of hydrogen-bond acceptors (Lipinski definition) is 2. The molecule has 2 aliphatic rings. The highest BCUT2D eigenvalue weighted by molar-refractivity contribution is 5.25. The van der Waals surface area contributed by atoms with E-state index in [0.29, 0.717) is 0 Å². The molecule has 1 aromatic carbocycles. The lowest BCUT2D eigenvalue weighted by Gasteiger charge is -2.21. The Bertz CT molecular complexity index is 493. The van der Waals surface area contributed by atoms with Gasteiger partial charge in [0.2, 0.25) is 0 Å². The maximum Gasteiger partial charge on any atom is 0.129 e. The van der Waals surface area contributed by atoms with Crippen LogP contribution in [0, 0.1) is 11.6 Å². The van der Waals surface area contributed by atoms with Crippen molar-refractivity contribution in [1.29, 1.82) is 0 Å². The maximum atomic E-state index is 13.8. The van der Waals surface area contributed by atoms with Crippen LogP contribution in [0.4, 0.5) is 8.78 Å². The van der Waals surface area contributed by atoms with Crippen molar-refractivity contribution in [2.24, 2.45) is 0 Å². The maximum absolute atomic E-state index is 13.8. The van der Waals surface area contributed by atoms with Crippen LogP contribution >= 0.6 is 0 Å². The van der Waals surface area contributed by atoms with Crippen LogP contribution in [-0.2, 0) is 0 Å². The molecule has 2 aliphatic heterocycles. The van der Waals surface area contributed by atoms with Gasteiger partial charge < -0.3 is 5.32 Å². The highest BCUT2D eigenvalue weighted by Gasteiger charge is 2.28. The van der Waals surface area contributed by atoms with E-state index < -0.39 is 11.6 Å². The number of nitrogens with one attached hydrogen (secondary N) is 1. The van der Waals surface area contributed by atoms with Crippen molar-refractivity contribution < 1.29 is 8.78 Å². The van der Waals surface area contributed by atoms with Gasteiger partial charge in [0.1, 0.15) is 11.6 Å². The summed E-state index contributed by atoms with van der Waals surface area (Å²) in [5.41, 5.74) is 1.72. The van der Waals surface area contributed by atoms with Gasteiger partial charge in [0, 0.05) is 31.1 Å². The molecule has 1 fully saturated rings. The van der Waals surface area contributed by atoms with Gasteiger partial charge in [0.25, 0.3) is 0 Å². The van der Waals surface area contributed by atoms with Crippen LogP contribution in [0.1, 0.15) is 24.3 Å². The zero-order valence-electron chi connectivity index (χ0n) is 11.5. The summed E-state index contributed by atoms with van der Waals surface area (Å²) in [5, 5.41) is 3.30. The van der Waals surface area contributed by atoms with Gasteiger partial charge in [-0.05, 0) is 38.1 Å². The van der Waals surface area contributed by atoms with Crippen molar-refractivity contribution in [3.8, 4) is 0 Å². The molecule has 1 saturated heterocycles. The molecule has 3 rings (SSSR count). The Hall–Kier alpha value is -1.26.